The number of carbonyl (C=O) groups excluding carboxylic acids is 1. The zero-order chi connectivity index (χ0) is 23.8. The maximum Gasteiger partial charge on any atom is 0.274 e. The van der Waals surface area contributed by atoms with Gasteiger partial charge in [0.25, 0.3) is 5.91 Å². The number of hydrogen-bond donors (Lipinski definition) is 1. The molecule has 0 unspecified atom stereocenters. The second-order valence-electron chi connectivity index (χ2n) is 8.32. The monoisotopic (exact) mass is 460 g/mol. The standard InChI is InChI=1S/C26H22F2N4O2/c1-32(2)25-18-8-5-7-16(15-10-11-19(27)20(28)14-15)23(18)30-31-24(25)26(33)29-21-12-13-34-22-9-4-3-6-17(21)22/h3-11,14,21H,12-13H2,1-2H3,(H,29,33)/t21-/m0/s1. The summed E-state index contributed by atoms with van der Waals surface area (Å²) in [6.07, 6.45) is 0.640. The minimum absolute atomic E-state index is 0.184. The van der Waals surface area contributed by atoms with Crippen LogP contribution >= 0.6 is 0 Å². The van der Waals surface area contributed by atoms with Gasteiger partial charge in [0.05, 0.1) is 18.3 Å². The topological polar surface area (TPSA) is 67.4 Å². The smallest absolute Gasteiger partial charge is 0.274 e. The Hall–Kier alpha value is -4.07. The Labute approximate surface area is 195 Å². The molecule has 4 aromatic rings. The van der Waals surface area contributed by atoms with E-state index in [0.29, 0.717) is 40.7 Å². The van der Waals surface area contributed by atoms with Crippen LogP contribution in [0.1, 0.15) is 28.5 Å². The first-order valence-corrected chi connectivity index (χ1v) is 10.9. The maximum atomic E-state index is 13.9. The highest BCUT2D eigenvalue weighted by atomic mass is 19.2. The van der Waals surface area contributed by atoms with Crippen molar-refractivity contribution in [3.05, 3.63) is 83.6 Å². The van der Waals surface area contributed by atoms with Crippen molar-refractivity contribution >= 4 is 22.5 Å². The Bertz CT molecular complexity index is 1410. The van der Waals surface area contributed by atoms with Gasteiger partial charge < -0.3 is 15.0 Å². The highest BCUT2D eigenvalue weighted by Crippen LogP contribution is 2.35. The molecule has 34 heavy (non-hydrogen) atoms. The van der Waals surface area contributed by atoms with Crippen LogP contribution in [-0.2, 0) is 0 Å². The van der Waals surface area contributed by atoms with Crippen molar-refractivity contribution in [2.45, 2.75) is 12.5 Å². The van der Waals surface area contributed by atoms with Crippen LogP contribution < -0.4 is 15.0 Å². The summed E-state index contributed by atoms with van der Waals surface area (Å²) in [5.74, 6) is -1.45. The van der Waals surface area contributed by atoms with E-state index in [1.54, 1.807) is 17.0 Å². The number of amides is 1. The summed E-state index contributed by atoms with van der Waals surface area (Å²) in [7, 11) is 3.64. The second kappa shape index (κ2) is 8.70. The number of fused-ring (bicyclic) bond motifs is 2. The van der Waals surface area contributed by atoms with Crippen molar-refractivity contribution in [1.29, 1.82) is 0 Å². The highest BCUT2D eigenvalue weighted by molar-refractivity contribution is 6.08. The third-order valence-corrected chi connectivity index (χ3v) is 5.92. The summed E-state index contributed by atoms with van der Waals surface area (Å²) >= 11 is 0. The van der Waals surface area contributed by atoms with E-state index in [1.807, 2.05) is 44.4 Å². The van der Waals surface area contributed by atoms with E-state index >= 15 is 0 Å². The molecule has 1 amide bonds. The van der Waals surface area contributed by atoms with Crippen LogP contribution in [0.15, 0.2) is 60.7 Å². The van der Waals surface area contributed by atoms with Crippen molar-refractivity contribution in [1.82, 2.24) is 15.5 Å². The molecule has 1 aliphatic heterocycles. The molecule has 6 nitrogen and oxygen atoms in total. The molecule has 0 fully saturated rings. The van der Waals surface area contributed by atoms with Crippen molar-refractivity contribution in [3.63, 3.8) is 0 Å². The van der Waals surface area contributed by atoms with Gasteiger partial charge in [-0.05, 0) is 23.8 Å². The quantitative estimate of drug-likeness (QED) is 0.470. The largest absolute Gasteiger partial charge is 0.493 e. The lowest BCUT2D eigenvalue weighted by atomic mass is 9.99. The van der Waals surface area contributed by atoms with Gasteiger partial charge in [0.2, 0.25) is 0 Å². The fourth-order valence-corrected chi connectivity index (χ4v) is 4.34. The summed E-state index contributed by atoms with van der Waals surface area (Å²) in [6, 6.07) is 16.5. The maximum absolute atomic E-state index is 13.9. The molecule has 2 heterocycles. The lowest BCUT2D eigenvalue weighted by Crippen LogP contribution is -2.33. The summed E-state index contributed by atoms with van der Waals surface area (Å²) in [6.45, 7) is 0.503. The minimum atomic E-state index is -0.942. The van der Waals surface area contributed by atoms with E-state index in [9.17, 15) is 13.6 Å². The zero-order valence-corrected chi connectivity index (χ0v) is 18.7. The first kappa shape index (κ1) is 21.8. The first-order chi connectivity index (χ1) is 16.4. The lowest BCUT2D eigenvalue weighted by Gasteiger charge is -2.27. The number of benzene rings is 3. The van der Waals surface area contributed by atoms with E-state index in [4.69, 9.17) is 4.74 Å². The van der Waals surface area contributed by atoms with E-state index in [2.05, 4.69) is 15.5 Å². The van der Waals surface area contributed by atoms with Gasteiger partial charge >= 0.3 is 0 Å². The SMILES string of the molecule is CN(C)c1c(C(=O)N[C@H]2CCOc3ccccc32)nnc2c(-c3ccc(F)c(F)c3)cccc12. The van der Waals surface area contributed by atoms with Crippen molar-refractivity contribution in [3.8, 4) is 16.9 Å². The molecule has 5 rings (SSSR count). The molecule has 0 bridgehead atoms. The predicted molar refractivity (Wildman–Crippen MR) is 126 cm³/mol. The fourth-order valence-electron chi connectivity index (χ4n) is 4.34. The van der Waals surface area contributed by atoms with Crippen LogP contribution in [0.2, 0.25) is 0 Å². The van der Waals surface area contributed by atoms with Gasteiger partial charge in [-0.2, -0.15) is 0 Å². The number of para-hydroxylation sites is 1. The summed E-state index contributed by atoms with van der Waals surface area (Å²) in [5.41, 5.74) is 3.25. The molecular weight excluding hydrogens is 438 g/mol. The van der Waals surface area contributed by atoms with Gasteiger partial charge in [0.1, 0.15) is 11.3 Å². The number of nitrogens with zero attached hydrogens (tertiary/aromatic N) is 3. The number of ether oxygens (including phenoxy) is 1. The number of hydrogen-bond acceptors (Lipinski definition) is 5. The van der Waals surface area contributed by atoms with E-state index < -0.39 is 11.6 Å². The van der Waals surface area contributed by atoms with Crippen LogP contribution in [0.5, 0.6) is 5.75 Å². The molecule has 0 radical (unpaired) electrons. The number of carbonyl (C=O) groups is 1. The molecule has 1 N–H and O–H groups in total. The molecule has 8 heteroatoms. The molecule has 1 aliphatic rings. The minimum Gasteiger partial charge on any atom is -0.493 e. The highest BCUT2D eigenvalue weighted by Gasteiger charge is 2.26. The van der Waals surface area contributed by atoms with E-state index in [-0.39, 0.29) is 17.6 Å². The van der Waals surface area contributed by atoms with Gasteiger partial charge in [-0.3, -0.25) is 4.79 Å². The molecule has 0 saturated heterocycles. The van der Waals surface area contributed by atoms with Gasteiger partial charge in [-0.15, -0.1) is 10.2 Å². The summed E-state index contributed by atoms with van der Waals surface area (Å²) in [4.78, 5) is 15.2. The molecule has 0 spiro atoms. The van der Waals surface area contributed by atoms with Crippen LogP contribution in [0.3, 0.4) is 0 Å². The predicted octanol–water partition coefficient (Wildman–Crippen LogP) is 4.89. The number of anilines is 1. The molecule has 1 atom stereocenters. The van der Waals surface area contributed by atoms with Crippen molar-refractivity contribution in [2.75, 3.05) is 25.6 Å². The molecule has 1 aromatic heterocycles. The Balaban J connectivity index is 1.57. The Morgan fingerprint density at radius 1 is 1.03 bits per heavy atom. The van der Waals surface area contributed by atoms with E-state index in [1.165, 1.54) is 6.07 Å². The fraction of sp³-hybridized carbons (Fsp3) is 0.192. The number of aromatic nitrogens is 2. The average molecular weight is 460 g/mol. The average Bonchev–Trinajstić information content (AvgIpc) is 2.84. The van der Waals surface area contributed by atoms with Gasteiger partial charge in [-0.1, -0.05) is 42.5 Å². The van der Waals surface area contributed by atoms with Crippen LogP contribution in [-0.4, -0.2) is 36.8 Å². The Morgan fingerprint density at radius 3 is 2.65 bits per heavy atom. The summed E-state index contributed by atoms with van der Waals surface area (Å²) < 4.78 is 33.0. The molecule has 0 aliphatic carbocycles. The zero-order valence-electron chi connectivity index (χ0n) is 18.7. The third kappa shape index (κ3) is 3.81. The number of halogens is 2. The second-order valence-corrected chi connectivity index (χ2v) is 8.32. The number of rotatable bonds is 4. The Kier molecular flexibility index (Phi) is 5.57. The van der Waals surface area contributed by atoms with Gasteiger partial charge in [0.15, 0.2) is 17.3 Å². The van der Waals surface area contributed by atoms with Crippen LogP contribution in [0, 0.1) is 11.6 Å². The first-order valence-electron chi connectivity index (χ1n) is 10.9. The Morgan fingerprint density at radius 2 is 1.85 bits per heavy atom. The molecule has 172 valence electrons. The third-order valence-electron chi connectivity index (χ3n) is 5.92. The van der Waals surface area contributed by atoms with Gasteiger partial charge in [-0.25, -0.2) is 8.78 Å². The van der Waals surface area contributed by atoms with E-state index in [0.717, 1.165) is 23.4 Å². The van der Waals surface area contributed by atoms with Crippen LogP contribution in [0.25, 0.3) is 22.0 Å². The van der Waals surface area contributed by atoms with Crippen LogP contribution in [0.4, 0.5) is 14.5 Å². The van der Waals surface area contributed by atoms with Crippen molar-refractivity contribution in [2.24, 2.45) is 0 Å². The normalized spacial score (nSPS) is 14.9. The molecule has 3 aromatic carbocycles. The lowest BCUT2D eigenvalue weighted by molar-refractivity contribution is 0.0919. The summed E-state index contributed by atoms with van der Waals surface area (Å²) in [5, 5.41) is 12.4. The van der Waals surface area contributed by atoms with Crippen molar-refractivity contribution < 1.29 is 18.3 Å². The van der Waals surface area contributed by atoms with Gasteiger partial charge in [0, 0.05) is 37.0 Å². The molecule has 0 saturated carbocycles. The number of nitrogens with one attached hydrogen (secondary N) is 1. The molecular formula is C26H22F2N4O2.